The third-order valence-electron chi connectivity index (χ3n) is 3.21. The van der Waals surface area contributed by atoms with E-state index in [4.69, 9.17) is 0 Å². The first-order valence-corrected chi connectivity index (χ1v) is 6.88. The summed E-state index contributed by atoms with van der Waals surface area (Å²) in [4.78, 5) is 0. The maximum atomic E-state index is 13.4. The van der Waals surface area contributed by atoms with Crippen molar-refractivity contribution in [3.63, 3.8) is 0 Å². The highest BCUT2D eigenvalue weighted by Gasteiger charge is 2.18. The van der Waals surface area contributed by atoms with E-state index in [0.717, 1.165) is 29.9 Å². The van der Waals surface area contributed by atoms with Gasteiger partial charge in [-0.1, -0.05) is 20.8 Å². The number of aromatic nitrogens is 2. The molecule has 0 aliphatic heterocycles. The summed E-state index contributed by atoms with van der Waals surface area (Å²) in [5.74, 6) is -3.80. The van der Waals surface area contributed by atoms with Crippen LogP contribution in [-0.2, 0) is 6.54 Å². The first-order chi connectivity index (χ1) is 9.95. The lowest BCUT2D eigenvalue weighted by molar-refractivity contribution is 0.445. The molecule has 6 heteroatoms. The van der Waals surface area contributed by atoms with Crippen molar-refractivity contribution in [2.75, 3.05) is 6.54 Å². The van der Waals surface area contributed by atoms with E-state index in [9.17, 15) is 13.2 Å². The van der Waals surface area contributed by atoms with E-state index >= 15 is 0 Å². The molecular formula is C15H18F3N3. The Labute approximate surface area is 121 Å². The van der Waals surface area contributed by atoms with E-state index in [-0.39, 0.29) is 11.6 Å². The van der Waals surface area contributed by atoms with Crippen molar-refractivity contribution in [2.45, 2.75) is 33.2 Å². The van der Waals surface area contributed by atoms with Gasteiger partial charge in [-0.3, -0.25) is 0 Å². The van der Waals surface area contributed by atoms with Gasteiger partial charge in [-0.25, -0.2) is 17.9 Å². The van der Waals surface area contributed by atoms with Gasteiger partial charge in [-0.05, 0) is 12.5 Å². The summed E-state index contributed by atoms with van der Waals surface area (Å²) in [5, 5.41) is 7.39. The Kier molecular flexibility index (Phi) is 4.67. The Morgan fingerprint density at radius 2 is 1.81 bits per heavy atom. The van der Waals surface area contributed by atoms with E-state index in [0.29, 0.717) is 6.54 Å². The van der Waals surface area contributed by atoms with Gasteiger partial charge < -0.3 is 5.32 Å². The lowest BCUT2D eigenvalue weighted by Crippen LogP contribution is -2.14. The summed E-state index contributed by atoms with van der Waals surface area (Å²) in [7, 11) is 0. The molecule has 1 N–H and O–H groups in total. The first-order valence-electron chi connectivity index (χ1n) is 6.88. The Morgan fingerprint density at radius 1 is 1.19 bits per heavy atom. The van der Waals surface area contributed by atoms with Crippen molar-refractivity contribution in [3.05, 3.63) is 47.0 Å². The van der Waals surface area contributed by atoms with Crippen LogP contribution in [0.25, 0.3) is 5.69 Å². The van der Waals surface area contributed by atoms with Gasteiger partial charge >= 0.3 is 0 Å². The quantitative estimate of drug-likeness (QED) is 0.856. The molecule has 0 aliphatic rings. The van der Waals surface area contributed by atoms with Crippen LogP contribution in [0.2, 0.25) is 0 Å². The maximum Gasteiger partial charge on any atom is 0.194 e. The second kappa shape index (κ2) is 6.30. The van der Waals surface area contributed by atoms with Crippen LogP contribution in [0.3, 0.4) is 0 Å². The minimum absolute atomic E-state index is 0.109. The van der Waals surface area contributed by atoms with Crippen LogP contribution in [0.5, 0.6) is 0 Å². The molecule has 2 aromatic rings. The Morgan fingerprint density at radius 3 is 2.33 bits per heavy atom. The van der Waals surface area contributed by atoms with Crippen molar-refractivity contribution >= 4 is 0 Å². The molecule has 114 valence electrons. The standard InChI is InChI=1S/C15H18F3N3/c1-4-19-7-10-8-20-21(15(10)9(2)3)11-5-12(16)14(18)13(17)6-11/h5-6,8-9,19H,4,7H2,1-3H3. The van der Waals surface area contributed by atoms with Crippen molar-refractivity contribution < 1.29 is 13.2 Å². The zero-order chi connectivity index (χ0) is 15.6. The first kappa shape index (κ1) is 15.6. The second-order valence-corrected chi connectivity index (χ2v) is 5.13. The van der Waals surface area contributed by atoms with E-state index < -0.39 is 17.5 Å². The number of hydrogen-bond donors (Lipinski definition) is 1. The zero-order valence-electron chi connectivity index (χ0n) is 12.3. The number of rotatable bonds is 5. The van der Waals surface area contributed by atoms with E-state index in [1.807, 2.05) is 20.8 Å². The highest BCUT2D eigenvalue weighted by Crippen LogP contribution is 2.25. The average molecular weight is 297 g/mol. The summed E-state index contributed by atoms with van der Waals surface area (Å²) < 4.78 is 41.3. The molecule has 1 heterocycles. The molecule has 0 spiro atoms. The fourth-order valence-corrected chi connectivity index (χ4v) is 2.27. The molecule has 0 bridgehead atoms. The molecule has 1 aromatic heterocycles. The van der Waals surface area contributed by atoms with Crippen molar-refractivity contribution in [2.24, 2.45) is 0 Å². The lowest BCUT2D eigenvalue weighted by atomic mass is 10.1. The molecular weight excluding hydrogens is 279 g/mol. The normalized spacial score (nSPS) is 11.4. The lowest BCUT2D eigenvalue weighted by Gasteiger charge is -2.13. The van der Waals surface area contributed by atoms with Gasteiger partial charge in [0, 0.05) is 24.2 Å². The SMILES string of the molecule is CCNCc1cnn(-c2cc(F)c(F)c(F)c2)c1C(C)C. The summed E-state index contributed by atoms with van der Waals surface area (Å²) in [6.07, 6.45) is 1.66. The fraction of sp³-hybridized carbons (Fsp3) is 0.400. The molecule has 21 heavy (non-hydrogen) atoms. The number of nitrogens with one attached hydrogen (secondary N) is 1. The Hall–Kier alpha value is -1.82. The average Bonchev–Trinajstić information content (AvgIpc) is 2.85. The minimum Gasteiger partial charge on any atom is -0.313 e. The van der Waals surface area contributed by atoms with Gasteiger partial charge in [0.25, 0.3) is 0 Å². The number of hydrogen-bond acceptors (Lipinski definition) is 2. The van der Waals surface area contributed by atoms with Crippen molar-refractivity contribution in [3.8, 4) is 5.69 Å². The van der Waals surface area contributed by atoms with Crippen LogP contribution >= 0.6 is 0 Å². The molecule has 0 amide bonds. The zero-order valence-corrected chi connectivity index (χ0v) is 12.3. The molecule has 0 aliphatic carbocycles. The summed E-state index contributed by atoms with van der Waals surface area (Å²) >= 11 is 0. The number of nitrogens with zero attached hydrogens (tertiary/aromatic N) is 2. The molecule has 0 radical (unpaired) electrons. The smallest absolute Gasteiger partial charge is 0.194 e. The van der Waals surface area contributed by atoms with Crippen LogP contribution in [0, 0.1) is 17.5 Å². The van der Waals surface area contributed by atoms with E-state index in [2.05, 4.69) is 10.4 Å². The Balaban J connectivity index is 2.51. The maximum absolute atomic E-state index is 13.4. The Bertz CT molecular complexity index is 612. The molecule has 1 aromatic carbocycles. The number of halogens is 3. The molecule has 2 rings (SSSR count). The second-order valence-electron chi connectivity index (χ2n) is 5.13. The van der Waals surface area contributed by atoms with Gasteiger partial charge in [-0.15, -0.1) is 0 Å². The highest BCUT2D eigenvalue weighted by atomic mass is 19.2. The monoisotopic (exact) mass is 297 g/mol. The molecule has 0 fully saturated rings. The van der Waals surface area contributed by atoms with Gasteiger partial charge in [0.1, 0.15) is 0 Å². The minimum atomic E-state index is -1.47. The van der Waals surface area contributed by atoms with Crippen LogP contribution in [0.4, 0.5) is 13.2 Å². The highest BCUT2D eigenvalue weighted by molar-refractivity contribution is 5.37. The summed E-state index contributed by atoms with van der Waals surface area (Å²) in [6.45, 7) is 7.36. The molecule has 0 saturated heterocycles. The third-order valence-corrected chi connectivity index (χ3v) is 3.21. The van der Waals surface area contributed by atoms with Gasteiger partial charge in [0.2, 0.25) is 0 Å². The van der Waals surface area contributed by atoms with Crippen LogP contribution < -0.4 is 5.32 Å². The predicted molar refractivity (Wildman–Crippen MR) is 74.9 cm³/mol. The molecule has 0 unspecified atom stereocenters. The van der Waals surface area contributed by atoms with E-state index in [1.165, 1.54) is 4.68 Å². The predicted octanol–water partition coefficient (Wildman–Crippen LogP) is 3.52. The third kappa shape index (κ3) is 3.10. The van der Waals surface area contributed by atoms with Crippen LogP contribution in [0.1, 0.15) is 37.9 Å². The van der Waals surface area contributed by atoms with Crippen molar-refractivity contribution in [1.82, 2.24) is 15.1 Å². The van der Waals surface area contributed by atoms with Gasteiger partial charge in [-0.2, -0.15) is 5.10 Å². The van der Waals surface area contributed by atoms with Gasteiger partial charge in [0.15, 0.2) is 17.5 Å². The molecule has 3 nitrogen and oxygen atoms in total. The summed E-state index contributed by atoms with van der Waals surface area (Å²) in [6, 6.07) is 1.91. The van der Waals surface area contributed by atoms with Crippen LogP contribution in [-0.4, -0.2) is 16.3 Å². The molecule has 0 saturated carbocycles. The van der Waals surface area contributed by atoms with E-state index in [1.54, 1.807) is 6.20 Å². The number of benzene rings is 1. The molecule has 0 atom stereocenters. The van der Waals surface area contributed by atoms with Gasteiger partial charge in [0.05, 0.1) is 17.6 Å². The largest absolute Gasteiger partial charge is 0.313 e. The van der Waals surface area contributed by atoms with Crippen LogP contribution in [0.15, 0.2) is 18.3 Å². The van der Waals surface area contributed by atoms with Crippen molar-refractivity contribution in [1.29, 1.82) is 0 Å². The summed E-state index contributed by atoms with van der Waals surface area (Å²) in [5.41, 5.74) is 1.98. The fourth-order valence-electron chi connectivity index (χ4n) is 2.27. The topological polar surface area (TPSA) is 29.9 Å².